The summed E-state index contributed by atoms with van der Waals surface area (Å²) >= 11 is 0. The van der Waals surface area contributed by atoms with Crippen LogP contribution in [0.3, 0.4) is 0 Å². The maximum absolute atomic E-state index is 11.7. The molecule has 4 nitrogen and oxygen atoms in total. The fourth-order valence-electron chi connectivity index (χ4n) is 2.78. The number of aliphatic hydroxyl groups excluding tert-OH is 2. The number of hydrogen-bond donors (Lipinski definition) is 2. The molecule has 0 aromatic rings. The number of carbonyl (C=O) groups excluding carboxylic acids is 1. The van der Waals surface area contributed by atoms with Gasteiger partial charge in [0.15, 0.2) is 0 Å². The van der Waals surface area contributed by atoms with Crippen molar-refractivity contribution in [3.63, 3.8) is 0 Å². The molecule has 2 N–H and O–H groups in total. The third-order valence-corrected chi connectivity index (χ3v) is 4.52. The highest BCUT2D eigenvalue weighted by molar-refractivity contribution is 5.71. The van der Waals surface area contributed by atoms with Crippen LogP contribution in [0.5, 0.6) is 0 Å². The Morgan fingerprint density at radius 1 is 0.875 bits per heavy atom. The zero-order valence-electron chi connectivity index (χ0n) is 16.0. The molecule has 24 heavy (non-hydrogen) atoms. The van der Waals surface area contributed by atoms with Crippen LogP contribution in [0.1, 0.15) is 97.3 Å². The summed E-state index contributed by atoms with van der Waals surface area (Å²) in [5, 5.41) is 17.8. The maximum Gasteiger partial charge on any atom is 0.308 e. The monoisotopic (exact) mass is 344 g/mol. The van der Waals surface area contributed by atoms with E-state index in [1.165, 1.54) is 70.6 Å². The van der Waals surface area contributed by atoms with Crippen LogP contribution >= 0.6 is 0 Å². The number of ether oxygens (including phenoxy) is 1. The molecule has 0 amide bonds. The lowest BCUT2D eigenvalue weighted by atomic mass is 10.0. The van der Waals surface area contributed by atoms with Crippen LogP contribution in [0.4, 0.5) is 0 Å². The molecule has 0 aliphatic heterocycles. The van der Waals surface area contributed by atoms with E-state index in [9.17, 15) is 4.79 Å². The SMILES string of the molecule is CCCCCCCCCCCCCCC(C)C(=O)OCC(O)CO. The molecule has 0 heterocycles. The van der Waals surface area contributed by atoms with Gasteiger partial charge in [-0.15, -0.1) is 0 Å². The molecule has 4 heteroatoms. The molecule has 0 fully saturated rings. The molecule has 0 aromatic heterocycles. The Labute approximate surface area is 149 Å². The van der Waals surface area contributed by atoms with Gasteiger partial charge in [-0.3, -0.25) is 4.79 Å². The number of carbonyl (C=O) groups is 1. The van der Waals surface area contributed by atoms with E-state index in [4.69, 9.17) is 14.9 Å². The van der Waals surface area contributed by atoms with E-state index in [0.717, 1.165) is 12.8 Å². The molecule has 2 unspecified atom stereocenters. The Balaban J connectivity index is 3.32. The lowest BCUT2D eigenvalue weighted by Crippen LogP contribution is -2.24. The summed E-state index contributed by atoms with van der Waals surface area (Å²) in [5.74, 6) is -0.399. The van der Waals surface area contributed by atoms with Gasteiger partial charge >= 0.3 is 5.97 Å². The van der Waals surface area contributed by atoms with E-state index in [1.807, 2.05) is 6.92 Å². The highest BCUT2D eigenvalue weighted by Gasteiger charge is 2.15. The Morgan fingerprint density at radius 3 is 1.79 bits per heavy atom. The van der Waals surface area contributed by atoms with Crippen LogP contribution in [0.2, 0.25) is 0 Å². The Hall–Kier alpha value is -0.610. The van der Waals surface area contributed by atoms with Gasteiger partial charge in [-0.25, -0.2) is 0 Å². The molecule has 0 aromatic carbocycles. The van der Waals surface area contributed by atoms with Crippen molar-refractivity contribution in [3.8, 4) is 0 Å². The van der Waals surface area contributed by atoms with Crippen molar-refractivity contribution >= 4 is 5.97 Å². The van der Waals surface area contributed by atoms with Gasteiger partial charge in [0.2, 0.25) is 0 Å². The number of unbranched alkanes of at least 4 members (excludes halogenated alkanes) is 11. The molecule has 144 valence electrons. The lowest BCUT2D eigenvalue weighted by Gasteiger charge is -2.13. The third kappa shape index (κ3) is 14.9. The maximum atomic E-state index is 11.7. The molecule has 0 spiro atoms. The van der Waals surface area contributed by atoms with E-state index >= 15 is 0 Å². The molecular formula is C20H40O4. The first-order chi connectivity index (χ1) is 11.6. The van der Waals surface area contributed by atoms with Gasteiger partial charge in [0.25, 0.3) is 0 Å². The van der Waals surface area contributed by atoms with Crippen LogP contribution in [0.25, 0.3) is 0 Å². The molecule has 0 rings (SSSR count). The summed E-state index contributed by atoms with van der Waals surface area (Å²) in [5.41, 5.74) is 0. The van der Waals surface area contributed by atoms with Crippen LogP contribution in [-0.4, -0.2) is 35.5 Å². The van der Waals surface area contributed by atoms with E-state index in [-0.39, 0.29) is 25.1 Å². The first kappa shape index (κ1) is 23.4. The van der Waals surface area contributed by atoms with Gasteiger partial charge in [0.05, 0.1) is 12.5 Å². The zero-order valence-corrected chi connectivity index (χ0v) is 16.0. The second-order valence-electron chi connectivity index (χ2n) is 7.05. The largest absolute Gasteiger partial charge is 0.463 e. The molecule has 0 aliphatic rings. The second-order valence-corrected chi connectivity index (χ2v) is 7.05. The van der Waals surface area contributed by atoms with E-state index in [0.29, 0.717) is 0 Å². The molecule has 0 saturated carbocycles. The van der Waals surface area contributed by atoms with E-state index in [2.05, 4.69) is 6.92 Å². The van der Waals surface area contributed by atoms with Crippen molar-refractivity contribution in [2.24, 2.45) is 5.92 Å². The van der Waals surface area contributed by atoms with Crippen LogP contribution in [0.15, 0.2) is 0 Å². The van der Waals surface area contributed by atoms with Crippen molar-refractivity contribution < 1.29 is 19.7 Å². The smallest absolute Gasteiger partial charge is 0.308 e. The zero-order chi connectivity index (χ0) is 18.0. The van der Waals surface area contributed by atoms with Crippen molar-refractivity contribution in [1.29, 1.82) is 0 Å². The standard InChI is InChI=1S/C20H40O4/c1-3-4-5-6-7-8-9-10-11-12-13-14-15-18(2)20(23)24-17-19(22)16-21/h18-19,21-22H,3-17H2,1-2H3. The normalized spacial score (nSPS) is 13.7. The summed E-state index contributed by atoms with van der Waals surface area (Å²) in [4.78, 5) is 11.7. The minimum Gasteiger partial charge on any atom is -0.463 e. The molecular weight excluding hydrogens is 304 g/mol. The van der Waals surface area contributed by atoms with Crippen LogP contribution < -0.4 is 0 Å². The van der Waals surface area contributed by atoms with Crippen LogP contribution in [0, 0.1) is 5.92 Å². The average Bonchev–Trinajstić information content (AvgIpc) is 2.59. The molecule has 0 bridgehead atoms. The van der Waals surface area contributed by atoms with Gasteiger partial charge in [-0.05, 0) is 6.42 Å². The Morgan fingerprint density at radius 2 is 1.33 bits per heavy atom. The first-order valence-corrected chi connectivity index (χ1v) is 10.1. The average molecular weight is 345 g/mol. The second kappa shape index (κ2) is 17.2. The van der Waals surface area contributed by atoms with Crippen molar-refractivity contribution in [3.05, 3.63) is 0 Å². The van der Waals surface area contributed by atoms with Gasteiger partial charge < -0.3 is 14.9 Å². The van der Waals surface area contributed by atoms with Gasteiger partial charge in [-0.1, -0.05) is 90.9 Å². The predicted molar refractivity (Wildman–Crippen MR) is 98.9 cm³/mol. The molecule has 0 radical (unpaired) electrons. The van der Waals surface area contributed by atoms with Crippen molar-refractivity contribution in [2.45, 2.75) is 103 Å². The Kier molecular flexibility index (Phi) is 16.8. The topological polar surface area (TPSA) is 66.8 Å². The molecule has 0 aliphatic carbocycles. The van der Waals surface area contributed by atoms with E-state index < -0.39 is 6.10 Å². The summed E-state index contributed by atoms with van der Waals surface area (Å²) in [6.07, 6.45) is 15.6. The first-order valence-electron chi connectivity index (χ1n) is 10.1. The summed E-state index contributed by atoms with van der Waals surface area (Å²) < 4.78 is 4.97. The minimum absolute atomic E-state index is 0.113. The fourth-order valence-corrected chi connectivity index (χ4v) is 2.78. The summed E-state index contributed by atoms with van der Waals surface area (Å²) in [7, 11) is 0. The lowest BCUT2D eigenvalue weighted by molar-refractivity contribution is -0.151. The number of aliphatic hydroxyl groups is 2. The van der Waals surface area contributed by atoms with Crippen molar-refractivity contribution in [2.75, 3.05) is 13.2 Å². The van der Waals surface area contributed by atoms with E-state index in [1.54, 1.807) is 0 Å². The highest BCUT2D eigenvalue weighted by atomic mass is 16.5. The number of esters is 1. The van der Waals surface area contributed by atoms with Gasteiger partial charge in [0.1, 0.15) is 12.7 Å². The van der Waals surface area contributed by atoms with Crippen molar-refractivity contribution in [1.82, 2.24) is 0 Å². The number of hydrogen-bond acceptors (Lipinski definition) is 4. The minimum atomic E-state index is -0.965. The van der Waals surface area contributed by atoms with Gasteiger partial charge in [0, 0.05) is 0 Å². The van der Waals surface area contributed by atoms with Crippen LogP contribution in [-0.2, 0) is 9.53 Å². The molecule has 2 atom stereocenters. The Bertz CT molecular complexity index is 281. The molecule has 0 saturated heterocycles. The fraction of sp³-hybridized carbons (Fsp3) is 0.950. The summed E-state index contributed by atoms with van der Waals surface area (Å²) in [6, 6.07) is 0. The van der Waals surface area contributed by atoms with Gasteiger partial charge in [-0.2, -0.15) is 0 Å². The highest BCUT2D eigenvalue weighted by Crippen LogP contribution is 2.15. The number of rotatable bonds is 17. The quantitative estimate of drug-likeness (QED) is 0.299. The summed E-state index contributed by atoms with van der Waals surface area (Å²) in [6.45, 7) is 3.64. The third-order valence-electron chi connectivity index (χ3n) is 4.52. The predicted octanol–water partition coefficient (Wildman–Crippen LogP) is 4.61.